The molecule has 1 heterocycles. The van der Waals surface area contributed by atoms with Crippen molar-refractivity contribution < 1.29 is 0 Å². The van der Waals surface area contributed by atoms with Crippen molar-refractivity contribution in [1.82, 2.24) is 8.75 Å². The summed E-state index contributed by atoms with van der Waals surface area (Å²) in [4.78, 5) is 0. The quantitative estimate of drug-likeness (QED) is 0.361. The van der Waals surface area contributed by atoms with Crippen LogP contribution >= 0.6 is 11.7 Å². The van der Waals surface area contributed by atoms with Crippen molar-refractivity contribution in [2.75, 3.05) is 0 Å². The van der Waals surface area contributed by atoms with Crippen LogP contribution in [0.2, 0.25) is 0 Å². The zero-order valence-corrected chi connectivity index (χ0v) is 18.0. The van der Waals surface area contributed by atoms with E-state index in [2.05, 4.69) is 98.0 Å². The molecule has 3 aromatic carbocycles. The molecule has 0 saturated carbocycles. The lowest BCUT2D eigenvalue weighted by Gasteiger charge is -2.13. The maximum Gasteiger partial charge on any atom is 0.113 e. The molecule has 0 N–H and O–H groups in total. The van der Waals surface area contributed by atoms with Gasteiger partial charge in [-0.15, -0.1) is 0 Å². The lowest BCUT2D eigenvalue weighted by Crippen LogP contribution is -1.92. The van der Waals surface area contributed by atoms with Crippen molar-refractivity contribution in [3.8, 4) is 22.3 Å². The molecule has 0 aliphatic rings. The Morgan fingerprint density at radius 2 is 1.18 bits per heavy atom. The summed E-state index contributed by atoms with van der Waals surface area (Å²) in [6.45, 7) is 11.1. The third-order valence-electron chi connectivity index (χ3n) is 5.49. The lowest BCUT2D eigenvalue weighted by molar-refractivity contribution is 0.867. The molecule has 28 heavy (non-hydrogen) atoms. The van der Waals surface area contributed by atoms with E-state index >= 15 is 0 Å². The van der Waals surface area contributed by atoms with Crippen LogP contribution in [0.15, 0.2) is 54.6 Å². The highest BCUT2D eigenvalue weighted by Gasteiger charge is 2.16. The molecule has 142 valence electrons. The van der Waals surface area contributed by atoms with E-state index < -0.39 is 0 Å². The zero-order valence-electron chi connectivity index (χ0n) is 17.2. The van der Waals surface area contributed by atoms with Gasteiger partial charge in [0.2, 0.25) is 0 Å². The normalized spacial score (nSPS) is 11.7. The van der Waals surface area contributed by atoms with Gasteiger partial charge in [0.05, 0.1) is 11.7 Å². The summed E-state index contributed by atoms with van der Waals surface area (Å²) in [6.07, 6.45) is 0. The molecule has 3 heteroatoms. The van der Waals surface area contributed by atoms with Crippen LogP contribution in [0.3, 0.4) is 0 Å². The molecule has 0 amide bonds. The predicted octanol–water partition coefficient (Wildman–Crippen LogP) is 7.58. The minimum absolute atomic E-state index is 0.535. The Balaban J connectivity index is 1.84. The number of fused-ring (bicyclic) bond motifs is 1. The van der Waals surface area contributed by atoms with Crippen LogP contribution in [-0.4, -0.2) is 8.75 Å². The largest absolute Gasteiger partial charge is 0.172 e. The minimum Gasteiger partial charge on any atom is -0.172 e. The summed E-state index contributed by atoms with van der Waals surface area (Å²) in [5.74, 6) is 1.07. The van der Waals surface area contributed by atoms with Crippen molar-refractivity contribution in [2.45, 2.75) is 46.5 Å². The van der Waals surface area contributed by atoms with E-state index in [1.54, 1.807) is 0 Å². The van der Waals surface area contributed by atoms with Gasteiger partial charge in [0.15, 0.2) is 0 Å². The molecule has 0 radical (unpaired) electrons. The fraction of sp³-hybridized carbons (Fsp3) is 0.280. The third kappa shape index (κ3) is 3.35. The standard InChI is InChI=1S/C25H26N2S/c1-15(2)18-6-10-20(11-7-18)22-14-17(5)23(25-24(22)26-28-27-25)21-12-8-19(9-13-21)16(3)4/h6-16H,1-5H3. The summed E-state index contributed by atoms with van der Waals surface area (Å²) >= 11 is 1.30. The Kier molecular flexibility index (Phi) is 5.03. The van der Waals surface area contributed by atoms with Gasteiger partial charge < -0.3 is 0 Å². The van der Waals surface area contributed by atoms with E-state index in [-0.39, 0.29) is 0 Å². The second-order valence-electron chi connectivity index (χ2n) is 8.13. The fourth-order valence-corrected chi connectivity index (χ4v) is 4.31. The van der Waals surface area contributed by atoms with Gasteiger partial charge in [0.25, 0.3) is 0 Å². The second kappa shape index (κ2) is 7.48. The highest BCUT2D eigenvalue weighted by Crippen LogP contribution is 2.38. The summed E-state index contributed by atoms with van der Waals surface area (Å²) in [5.41, 5.74) is 10.7. The van der Waals surface area contributed by atoms with Gasteiger partial charge in [-0.25, -0.2) is 0 Å². The van der Waals surface area contributed by atoms with Gasteiger partial charge in [-0.3, -0.25) is 0 Å². The van der Waals surface area contributed by atoms with Crippen LogP contribution in [0.1, 0.15) is 56.2 Å². The molecule has 0 atom stereocenters. The Morgan fingerprint density at radius 1 is 0.679 bits per heavy atom. The van der Waals surface area contributed by atoms with E-state index in [0.717, 1.165) is 11.0 Å². The molecule has 2 nitrogen and oxygen atoms in total. The molecule has 0 aliphatic carbocycles. The number of benzene rings is 3. The van der Waals surface area contributed by atoms with E-state index in [1.165, 1.54) is 50.7 Å². The van der Waals surface area contributed by atoms with Crippen molar-refractivity contribution in [3.63, 3.8) is 0 Å². The number of hydrogen-bond acceptors (Lipinski definition) is 3. The summed E-state index contributed by atoms with van der Waals surface area (Å²) in [5, 5.41) is 0. The van der Waals surface area contributed by atoms with Gasteiger partial charge in [-0.05, 0) is 52.6 Å². The predicted molar refractivity (Wildman–Crippen MR) is 121 cm³/mol. The second-order valence-corrected chi connectivity index (χ2v) is 8.66. The first-order chi connectivity index (χ1) is 13.5. The third-order valence-corrected chi connectivity index (χ3v) is 6.02. The van der Waals surface area contributed by atoms with Crippen LogP contribution in [-0.2, 0) is 0 Å². The molecule has 0 fully saturated rings. The van der Waals surface area contributed by atoms with Crippen LogP contribution in [0.25, 0.3) is 33.3 Å². The maximum absolute atomic E-state index is 4.68. The van der Waals surface area contributed by atoms with Crippen molar-refractivity contribution in [1.29, 1.82) is 0 Å². The average Bonchev–Trinajstić information content (AvgIpc) is 3.17. The average molecular weight is 387 g/mol. The summed E-state index contributed by atoms with van der Waals surface area (Å²) < 4.78 is 9.33. The van der Waals surface area contributed by atoms with Crippen LogP contribution < -0.4 is 0 Å². The first-order valence-corrected chi connectivity index (χ1v) is 10.6. The lowest BCUT2D eigenvalue weighted by atomic mass is 9.91. The van der Waals surface area contributed by atoms with Crippen molar-refractivity contribution in [2.24, 2.45) is 0 Å². The van der Waals surface area contributed by atoms with Crippen molar-refractivity contribution in [3.05, 3.63) is 71.3 Å². The Bertz CT molecular complexity index is 1100. The first kappa shape index (κ1) is 18.8. The van der Waals surface area contributed by atoms with E-state index in [9.17, 15) is 0 Å². The Hall–Kier alpha value is -2.52. The molecule has 0 bridgehead atoms. The Morgan fingerprint density at radius 3 is 1.71 bits per heavy atom. The van der Waals surface area contributed by atoms with Crippen molar-refractivity contribution >= 4 is 22.8 Å². The summed E-state index contributed by atoms with van der Waals surface area (Å²) in [6, 6.07) is 20.0. The van der Waals surface area contributed by atoms with Crippen LogP contribution in [0, 0.1) is 6.92 Å². The van der Waals surface area contributed by atoms with Gasteiger partial charge in [0, 0.05) is 11.1 Å². The monoisotopic (exact) mass is 386 g/mol. The first-order valence-electron chi connectivity index (χ1n) is 9.92. The van der Waals surface area contributed by atoms with E-state index in [1.807, 2.05) is 0 Å². The Labute approximate surface area is 171 Å². The molecule has 1 aromatic heterocycles. The van der Waals surface area contributed by atoms with Gasteiger partial charge in [-0.2, -0.15) is 8.75 Å². The highest BCUT2D eigenvalue weighted by molar-refractivity contribution is 7.00. The van der Waals surface area contributed by atoms with E-state index in [0.29, 0.717) is 11.8 Å². The van der Waals surface area contributed by atoms with Gasteiger partial charge in [0.1, 0.15) is 11.0 Å². The fourth-order valence-electron chi connectivity index (χ4n) is 3.74. The number of aromatic nitrogens is 2. The smallest absolute Gasteiger partial charge is 0.113 e. The van der Waals surface area contributed by atoms with Gasteiger partial charge in [-0.1, -0.05) is 76.2 Å². The molecule has 0 saturated heterocycles. The number of hydrogen-bond donors (Lipinski definition) is 0. The molecular formula is C25H26N2S. The SMILES string of the molecule is Cc1cc(-c2ccc(C(C)C)cc2)c2nsnc2c1-c1ccc(C(C)C)cc1. The maximum atomic E-state index is 4.68. The van der Waals surface area contributed by atoms with Crippen LogP contribution in [0.4, 0.5) is 0 Å². The summed E-state index contributed by atoms with van der Waals surface area (Å²) in [7, 11) is 0. The topological polar surface area (TPSA) is 25.8 Å². The molecular weight excluding hydrogens is 360 g/mol. The van der Waals surface area contributed by atoms with E-state index in [4.69, 9.17) is 0 Å². The molecule has 0 unspecified atom stereocenters. The van der Waals surface area contributed by atoms with Crippen LogP contribution in [0.5, 0.6) is 0 Å². The number of rotatable bonds is 4. The molecule has 0 spiro atoms. The molecule has 4 rings (SSSR count). The zero-order chi connectivity index (χ0) is 19.8. The molecule has 0 aliphatic heterocycles. The number of nitrogens with zero attached hydrogens (tertiary/aromatic N) is 2. The highest BCUT2D eigenvalue weighted by atomic mass is 32.1. The molecule has 4 aromatic rings. The minimum atomic E-state index is 0.535. The number of aryl methyl sites for hydroxylation is 1. The van der Waals surface area contributed by atoms with Gasteiger partial charge >= 0.3 is 0 Å².